The zero-order valence-electron chi connectivity index (χ0n) is 10.9. The highest BCUT2D eigenvalue weighted by Gasteiger charge is 2.24. The van der Waals surface area contributed by atoms with Crippen LogP contribution in [0, 0.1) is 26.7 Å². The predicted molar refractivity (Wildman–Crippen MR) is 69.7 cm³/mol. The second-order valence-electron chi connectivity index (χ2n) is 5.52. The van der Waals surface area contributed by atoms with Crippen molar-refractivity contribution < 1.29 is 0 Å². The molecule has 1 heteroatoms. The summed E-state index contributed by atoms with van der Waals surface area (Å²) in [5.74, 6) is 0.929. The maximum absolute atomic E-state index is 3.65. The smallest absolute Gasteiger partial charge is 0.0210 e. The quantitative estimate of drug-likeness (QED) is 0.817. The lowest BCUT2D eigenvalue weighted by Gasteiger charge is -2.33. The average Bonchev–Trinajstić information content (AvgIpc) is 2.18. The Kier molecular flexibility index (Phi) is 3.34. The standard InChI is InChI=1S/C15H23N/c1-10-5-15(6-10)16-9-14-8-12(3)11(2)7-13(14)4/h7-8,10,15-16H,5-6,9H2,1-4H3. The highest BCUT2D eigenvalue weighted by Crippen LogP contribution is 2.26. The van der Waals surface area contributed by atoms with Gasteiger partial charge in [-0.3, -0.25) is 0 Å². The second kappa shape index (κ2) is 4.58. The molecular weight excluding hydrogens is 194 g/mol. The van der Waals surface area contributed by atoms with E-state index in [0.717, 1.165) is 18.5 Å². The third-order valence-electron chi connectivity index (χ3n) is 3.91. The molecule has 1 nitrogen and oxygen atoms in total. The van der Waals surface area contributed by atoms with Crippen LogP contribution in [0.25, 0.3) is 0 Å². The van der Waals surface area contributed by atoms with Gasteiger partial charge in [0.1, 0.15) is 0 Å². The summed E-state index contributed by atoms with van der Waals surface area (Å²) in [4.78, 5) is 0. The van der Waals surface area contributed by atoms with Crippen LogP contribution in [0.3, 0.4) is 0 Å². The van der Waals surface area contributed by atoms with Crippen LogP contribution in [-0.4, -0.2) is 6.04 Å². The molecule has 0 amide bonds. The van der Waals surface area contributed by atoms with Crippen LogP contribution in [0.4, 0.5) is 0 Å². The molecule has 0 spiro atoms. The van der Waals surface area contributed by atoms with E-state index in [4.69, 9.17) is 0 Å². The predicted octanol–water partition coefficient (Wildman–Crippen LogP) is 3.50. The molecule has 2 rings (SSSR count). The first-order valence-electron chi connectivity index (χ1n) is 6.36. The number of nitrogens with one attached hydrogen (secondary N) is 1. The Morgan fingerprint density at radius 3 is 2.31 bits per heavy atom. The van der Waals surface area contributed by atoms with Gasteiger partial charge in [-0.2, -0.15) is 0 Å². The van der Waals surface area contributed by atoms with E-state index in [0.29, 0.717) is 0 Å². The van der Waals surface area contributed by atoms with Crippen molar-refractivity contribution in [2.75, 3.05) is 0 Å². The molecule has 1 fully saturated rings. The fraction of sp³-hybridized carbons (Fsp3) is 0.600. The monoisotopic (exact) mass is 217 g/mol. The van der Waals surface area contributed by atoms with Crippen LogP contribution in [0.15, 0.2) is 12.1 Å². The molecule has 1 saturated carbocycles. The molecule has 0 aromatic heterocycles. The molecule has 0 aliphatic heterocycles. The Balaban J connectivity index is 1.96. The zero-order valence-corrected chi connectivity index (χ0v) is 10.9. The highest BCUT2D eigenvalue weighted by molar-refractivity contribution is 5.36. The third-order valence-corrected chi connectivity index (χ3v) is 3.91. The van der Waals surface area contributed by atoms with Crippen LogP contribution < -0.4 is 5.32 Å². The van der Waals surface area contributed by atoms with Crippen molar-refractivity contribution in [3.05, 3.63) is 34.4 Å². The zero-order chi connectivity index (χ0) is 11.7. The number of aryl methyl sites for hydroxylation is 3. The van der Waals surface area contributed by atoms with Crippen molar-refractivity contribution in [1.82, 2.24) is 5.32 Å². The minimum Gasteiger partial charge on any atom is -0.310 e. The topological polar surface area (TPSA) is 12.0 Å². The van der Waals surface area contributed by atoms with Gasteiger partial charge in [-0.15, -0.1) is 0 Å². The Hall–Kier alpha value is -0.820. The number of hydrogen-bond acceptors (Lipinski definition) is 1. The van der Waals surface area contributed by atoms with E-state index in [1.807, 2.05) is 0 Å². The first-order valence-corrected chi connectivity index (χ1v) is 6.36. The van der Waals surface area contributed by atoms with Gasteiger partial charge in [-0.1, -0.05) is 19.1 Å². The van der Waals surface area contributed by atoms with E-state index < -0.39 is 0 Å². The number of benzene rings is 1. The van der Waals surface area contributed by atoms with E-state index in [1.54, 1.807) is 0 Å². The van der Waals surface area contributed by atoms with E-state index in [1.165, 1.54) is 35.1 Å². The maximum atomic E-state index is 3.65. The largest absolute Gasteiger partial charge is 0.310 e. The van der Waals surface area contributed by atoms with Crippen LogP contribution in [0.2, 0.25) is 0 Å². The summed E-state index contributed by atoms with van der Waals surface area (Å²) in [7, 11) is 0. The van der Waals surface area contributed by atoms with Crippen LogP contribution in [0.5, 0.6) is 0 Å². The van der Waals surface area contributed by atoms with Gasteiger partial charge in [0.25, 0.3) is 0 Å². The molecule has 1 N–H and O–H groups in total. The molecule has 88 valence electrons. The van der Waals surface area contributed by atoms with Gasteiger partial charge in [0.15, 0.2) is 0 Å². The summed E-state index contributed by atoms with van der Waals surface area (Å²) in [5.41, 5.74) is 5.69. The van der Waals surface area contributed by atoms with Crippen LogP contribution in [0.1, 0.15) is 42.0 Å². The van der Waals surface area contributed by atoms with E-state index in [2.05, 4.69) is 45.1 Å². The molecule has 16 heavy (non-hydrogen) atoms. The van der Waals surface area contributed by atoms with Gasteiger partial charge >= 0.3 is 0 Å². The van der Waals surface area contributed by atoms with Crippen LogP contribution in [-0.2, 0) is 6.54 Å². The molecule has 0 saturated heterocycles. The summed E-state index contributed by atoms with van der Waals surface area (Å²) < 4.78 is 0. The van der Waals surface area contributed by atoms with E-state index in [9.17, 15) is 0 Å². The van der Waals surface area contributed by atoms with Gasteiger partial charge < -0.3 is 5.32 Å². The molecular formula is C15H23N. The van der Waals surface area contributed by atoms with E-state index >= 15 is 0 Å². The van der Waals surface area contributed by atoms with Crippen LogP contribution >= 0.6 is 0 Å². The van der Waals surface area contributed by atoms with E-state index in [-0.39, 0.29) is 0 Å². The Labute approximate surface area is 99.3 Å². The maximum Gasteiger partial charge on any atom is 0.0210 e. The average molecular weight is 217 g/mol. The van der Waals surface area contributed by atoms with Crippen molar-refractivity contribution in [3.8, 4) is 0 Å². The number of rotatable bonds is 3. The minimum absolute atomic E-state index is 0.760. The molecule has 0 radical (unpaired) electrons. The van der Waals surface area contributed by atoms with Gasteiger partial charge in [0, 0.05) is 12.6 Å². The summed E-state index contributed by atoms with van der Waals surface area (Å²) in [6, 6.07) is 5.39. The summed E-state index contributed by atoms with van der Waals surface area (Å²) in [6.45, 7) is 9.97. The van der Waals surface area contributed by atoms with Crippen molar-refractivity contribution in [3.63, 3.8) is 0 Å². The first kappa shape index (κ1) is 11.7. The van der Waals surface area contributed by atoms with Gasteiger partial charge in [-0.25, -0.2) is 0 Å². The lowest BCUT2D eigenvalue weighted by Crippen LogP contribution is -2.39. The van der Waals surface area contributed by atoms with Crippen molar-refractivity contribution in [1.29, 1.82) is 0 Å². The fourth-order valence-corrected chi connectivity index (χ4v) is 2.53. The van der Waals surface area contributed by atoms with Crippen molar-refractivity contribution >= 4 is 0 Å². The molecule has 1 aromatic rings. The summed E-state index contributed by atoms with van der Waals surface area (Å²) in [6.07, 6.45) is 2.70. The van der Waals surface area contributed by atoms with Crippen molar-refractivity contribution in [2.24, 2.45) is 5.92 Å². The lowest BCUT2D eigenvalue weighted by molar-refractivity contribution is 0.240. The van der Waals surface area contributed by atoms with Crippen molar-refractivity contribution in [2.45, 2.75) is 53.1 Å². The second-order valence-corrected chi connectivity index (χ2v) is 5.52. The van der Waals surface area contributed by atoms with Gasteiger partial charge in [0.05, 0.1) is 0 Å². The Morgan fingerprint density at radius 1 is 1.06 bits per heavy atom. The molecule has 1 aliphatic rings. The molecule has 0 unspecified atom stereocenters. The lowest BCUT2D eigenvalue weighted by atomic mass is 9.82. The minimum atomic E-state index is 0.760. The number of hydrogen-bond donors (Lipinski definition) is 1. The normalized spacial score (nSPS) is 24.2. The first-order chi connectivity index (χ1) is 7.56. The SMILES string of the molecule is Cc1cc(C)c(CNC2CC(C)C2)cc1C. The third kappa shape index (κ3) is 2.46. The fourth-order valence-electron chi connectivity index (χ4n) is 2.53. The molecule has 0 bridgehead atoms. The van der Waals surface area contributed by atoms with Gasteiger partial charge in [0.2, 0.25) is 0 Å². The molecule has 1 aromatic carbocycles. The summed E-state index contributed by atoms with van der Waals surface area (Å²) >= 11 is 0. The summed E-state index contributed by atoms with van der Waals surface area (Å²) in [5, 5.41) is 3.65. The highest BCUT2D eigenvalue weighted by atomic mass is 14.9. The Bertz CT molecular complexity index is 375. The van der Waals surface area contributed by atoms with Gasteiger partial charge in [-0.05, 0) is 61.8 Å². The molecule has 1 aliphatic carbocycles. The molecule has 0 heterocycles. The Morgan fingerprint density at radius 2 is 1.69 bits per heavy atom. The molecule has 0 atom stereocenters.